The summed E-state index contributed by atoms with van der Waals surface area (Å²) in [7, 11) is -17.8. The smallest absolute Gasteiger partial charge is 0.296 e. The molecule has 0 heterocycles. The highest BCUT2D eigenvalue weighted by molar-refractivity contribution is 7.87. The van der Waals surface area contributed by atoms with Crippen molar-refractivity contribution in [2.75, 3.05) is 36.5 Å². The molecule has 22 nitrogen and oxygen atoms in total. The van der Waals surface area contributed by atoms with E-state index in [0.717, 1.165) is 24.3 Å². The predicted octanol–water partition coefficient (Wildman–Crippen LogP) is 2.88. The first kappa shape index (κ1) is 43.1. The lowest BCUT2D eigenvalue weighted by Gasteiger charge is -2.18. The first-order valence-corrected chi connectivity index (χ1v) is 21.9. The number of ketones is 2. The molecule has 0 saturated carbocycles. The van der Waals surface area contributed by atoms with Crippen LogP contribution in [0.1, 0.15) is 31.8 Å². The van der Waals surface area contributed by atoms with Crippen LogP contribution in [-0.2, 0) is 40.5 Å². The summed E-state index contributed by atoms with van der Waals surface area (Å²) in [5.41, 5.74) is 14.0. The van der Waals surface area contributed by atoms with Crippen LogP contribution in [-0.4, -0.2) is 89.1 Å². The Morgan fingerprint density at radius 2 is 0.850 bits per heavy atom. The van der Waals surface area contributed by atoms with Crippen LogP contribution in [0.4, 0.5) is 22.7 Å². The van der Waals surface area contributed by atoms with Crippen molar-refractivity contribution in [3.63, 3.8) is 0 Å². The number of fused-ring (bicyclic) bond motifs is 2. The summed E-state index contributed by atoms with van der Waals surface area (Å²) in [6, 6.07) is 10.3. The molecule has 0 radical (unpaired) electrons. The summed E-state index contributed by atoms with van der Waals surface area (Å²) in [4.78, 5) is 22.6. The Morgan fingerprint density at radius 3 is 1.15 bits per heavy atom. The van der Waals surface area contributed by atoms with Crippen molar-refractivity contribution in [1.29, 1.82) is 0 Å². The van der Waals surface area contributed by atoms with Crippen molar-refractivity contribution in [2.45, 2.75) is 19.6 Å². The molecule has 0 bridgehead atoms. The van der Waals surface area contributed by atoms with Gasteiger partial charge < -0.3 is 20.9 Å². The number of hydrogen-bond donors (Lipinski definition) is 8. The first-order chi connectivity index (χ1) is 27.9. The van der Waals surface area contributed by atoms with Gasteiger partial charge >= 0.3 is 0 Å². The van der Waals surface area contributed by atoms with E-state index in [1.54, 1.807) is 24.3 Å². The van der Waals surface area contributed by atoms with Crippen LogP contribution < -0.4 is 31.8 Å². The topological polar surface area (TPSA) is 371 Å². The molecule has 0 saturated heterocycles. The van der Waals surface area contributed by atoms with Crippen LogP contribution in [0.3, 0.4) is 0 Å². The number of nitrogens with two attached hydrogens (primary N) is 2. The number of carbonyl (C=O) groups is 2. The second-order valence-corrected chi connectivity index (χ2v) is 18.0. The minimum atomic E-state index is -5.15. The number of hydrogen-bond acceptors (Lipinski definition) is 18. The van der Waals surface area contributed by atoms with Gasteiger partial charge in [-0.15, -0.1) is 0 Å². The molecule has 0 aromatic heterocycles. The van der Waals surface area contributed by atoms with Crippen LogP contribution >= 0.6 is 0 Å². The fraction of sp³-hybridized carbons (Fsp3) is 0.0588. The molecule has 2 aliphatic carbocycles. The second-order valence-electron chi connectivity index (χ2n) is 12.4. The van der Waals surface area contributed by atoms with Crippen molar-refractivity contribution in [2.24, 2.45) is 10.2 Å². The van der Waals surface area contributed by atoms with E-state index in [2.05, 4.69) is 21.1 Å². The van der Waals surface area contributed by atoms with E-state index in [1.807, 2.05) is 0 Å². The Labute approximate surface area is 339 Å². The molecule has 6 rings (SSSR count). The number of hydrazone groups is 2. The average molecular weight is 905 g/mol. The summed E-state index contributed by atoms with van der Waals surface area (Å²) >= 11 is 0. The third-order valence-electron chi connectivity index (χ3n) is 8.84. The second kappa shape index (κ2) is 15.3. The van der Waals surface area contributed by atoms with Crippen LogP contribution in [0.25, 0.3) is 23.3 Å². The molecule has 0 unspecified atom stereocenters. The SMILES string of the molecule is COc1cc(-c2ccc(N/N=C3/C=Cc4c(S(=O)(=O)O)cc(S(=O)(=O)O)c(N)c4C3=O)c(OC)c2)ccc1N/N=C1/C=Cc2c(S(=O)(=O)O)cc(S(=O)(=O)O)c(N)c2C1=O. The Hall–Kier alpha value is -6.52. The number of methoxy groups -OCH3 is 2. The predicted molar refractivity (Wildman–Crippen MR) is 215 cm³/mol. The molecular weight excluding hydrogens is 877 g/mol. The number of Topliss-reactive ketones (excluding diaryl/α,β-unsaturated/α-hetero) is 2. The van der Waals surface area contributed by atoms with Gasteiger partial charge in [0, 0.05) is 11.1 Å². The Bertz CT molecular complexity index is 2970. The van der Waals surface area contributed by atoms with Gasteiger partial charge in [0.1, 0.15) is 42.5 Å². The van der Waals surface area contributed by atoms with E-state index < -0.39 is 105 Å². The van der Waals surface area contributed by atoms with Crippen molar-refractivity contribution in [1.82, 2.24) is 0 Å². The monoisotopic (exact) mass is 904 g/mol. The quantitative estimate of drug-likeness (QED) is 0.0609. The molecule has 0 atom stereocenters. The normalized spacial score (nSPS) is 15.5. The van der Waals surface area contributed by atoms with E-state index in [-0.39, 0.29) is 34.3 Å². The molecule has 0 aliphatic heterocycles. The molecule has 0 spiro atoms. The molecule has 2 aliphatic rings. The third-order valence-corrected chi connectivity index (χ3v) is 12.4. The van der Waals surface area contributed by atoms with Crippen LogP contribution in [0.2, 0.25) is 0 Å². The number of ether oxygens (including phenoxy) is 2. The van der Waals surface area contributed by atoms with Gasteiger partial charge in [0.15, 0.2) is 0 Å². The Morgan fingerprint density at radius 1 is 0.517 bits per heavy atom. The lowest BCUT2D eigenvalue weighted by atomic mass is 9.93. The molecule has 0 fully saturated rings. The Kier molecular flexibility index (Phi) is 11.0. The van der Waals surface area contributed by atoms with Crippen molar-refractivity contribution in [3.8, 4) is 22.6 Å². The highest BCUT2D eigenvalue weighted by atomic mass is 32.2. The summed E-state index contributed by atoms with van der Waals surface area (Å²) in [5.74, 6) is -1.72. The lowest BCUT2D eigenvalue weighted by Crippen LogP contribution is -2.23. The Balaban J connectivity index is 1.27. The first-order valence-electron chi connectivity index (χ1n) is 16.2. The van der Waals surface area contributed by atoms with Crippen LogP contribution in [0, 0.1) is 0 Å². The summed E-state index contributed by atoms with van der Waals surface area (Å²) in [6.45, 7) is 0. The summed E-state index contributed by atoms with van der Waals surface area (Å²) < 4.78 is 145. The lowest BCUT2D eigenvalue weighted by molar-refractivity contribution is 0.105. The number of carbonyl (C=O) groups excluding carboxylic acids is 2. The highest BCUT2D eigenvalue weighted by Crippen LogP contribution is 2.38. The maximum atomic E-state index is 13.4. The average Bonchev–Trinajstić information content (AvgIpc) is 3.15. The maximum absolute atomic E-state index is 13.4. The summed E-state index contributed by atoms with van der Waals surface area (Å²) in [6.07, 6.45) is 4.29. The van der Waals surface area contributed by atoms with Crippen LogP contribution in [0.5, 0.6) is 11.5 Å². The minimum Gasteiger partial charge on any atom is -0.494 e. The fourth-order valence-electron chi connectivity index (χ4n) is 6.08. The number of anilines is 4. The molecule has 4 aromatic rings. The van der Waals surface area contributed by atoms with Crippen LogP contribution in [0.15, 0.2) is 90.5 Å². The molecule has 26 heteroatoms. The number of rotatable bonds is 11. The molecular formula is C34H28N6O16S4. The molecule has 10 N–H and O–H groups in total. The largest absolute Gasteiger partial charge is 0.494 e. The zero-order valence-electron chi connectivity index (χ0n) is 30.3. The molecule has 4 aromatic carbocycles. The fourth-order valence-corrected chi connectivity index (χ4v) is 8.95. The summed E-state index contributed by atoms with van der Waals surface area (Å²) in [5, 5.41) is 8.08. The van der Waals surface area contributed by atoms with Crippen molar-refractivity contribution < 1.29 is 70.9 Å². The zero-order chi connectivity index (χ0) is 44.3. The van der Waals surface area contributed by atoms with Gasteiger partial charge in [0.2, 0.25) is 11.6 Å². The molecule has 314 valence electrons. The van der Waals surface area contributed by atoms with Crippen molar-refractivity contribution >= 4 is 98.4 Å². The highest BCUT2D eigenvalue weighted by Gasteiger charge is 2.35. The number of allylic oxidation sites excluding steroid dienone is 2. The third kappa shape index (κ3) is 8.07. The van der Waals surface area contributed by atoms with Gasteiger partial charge in [0.25, 0.3) is 40.5 Å². The molecule has 60 heavy (non-hydrogen) atoms. The number of benzene rings is 4. The van der Waals surface area contributed by atoms with Gasteiger partial charge in [-0.3, -0.25) is 38.7 Å². The van der Waals surface area contributed by atoms with E-state index in [4.69, 9.17) is 20.9 Å². The van der Waals surface area contributed by atoms with E-state index in [1.165, 1.54) is 26.4 Å². The standard InChI is InChI=1S/C34H28N6O16S4/c1-55-23-11-15(3-7-19(23)37-39-21-9-5-17-25(57(43,44)45)13-27(59(49,50)51)31(35)29(17)33(21)41)16-4-8-20(24(12-16)56-2)38-40-22-10-6-18-26(58(46,47)48)14-28(60(52,53)54)32(36)30(18)34(22)42/h3-14,37-38H,35-36H2,1-2H3,(H,43,44,45)(H,46,47,48)(H,49,50,51)(H,52,53,54)/b39-21-,40-22-. The van der Waals surface area contributed by atoms with Gasteiger partial charge in [-0.2, -0.15) is 43.9 Å². The number of nitrogens with zero attached hydrogens (tertiary/aromatic N) is 2. The minimum absolute atomic E-state index is 0.190. The number of nitrogen functional groups attached to an aromatic ring is 2. The number of nitrogens with one attached hydrogen (secondary N) is 2. The molecule has 0 amide bonds. The van der Waals surface area contributed by atoms with Gasteiger partial charge in [-0.1, -0.05) is 24.3 Å². The van der Waals surface area contributed by atoms with E-state index in [9.17, 15) is 61.5 Å². The van der Waals surface area contributed by atoms with Gasteiger partial charge in [-0.25, -0.2) is 0 Å². The van der Waals surface area contributed by atoms with Gasteiger partial charge in [0.05, 0.1) is 48.1 Å². The zero-order valence-corrected chi connectivity index (χ0v) is 33.6. The van der Waals surface area contributed by atoms with E-state index >= 15 is 0 Å². The van der Waals surface area contributed by atoms with E-state index in [0.29, 0.717) is 23.3 Å². The maximum Gasteiger partial charge on any atom is 0.296 e. The van der Waals surface area contributed by atoms with Crippen molar-refractivity contribution in [3.05, 3.63) is 82.9 Å². The van der Waals surface area contributed by atoms with Gasteiger partial charge in [-0.05, 0) is 59.7 Å².